The summed E-state index contributed by atoms with van der Waals surface area (Å²) in [6, 6.07) is 9.15. The molecule has 17 heavy (non-hydrogen) atoms. The number of carbonyl (C=O) groups excluding carboxylic acids is 1. The maximum atomic E-state index is 12.0. The summed E-state index contributed by atoms with van der Waals surface area (Å²) in [4.78, 5) is 12.0. The molecule has 0 radical (unpaired) electrons. The Kier molecular flexibility index (Phi) is 5.22. The van der Waals surface area contributed by atoms with Crippen LogP contribution < -0.4 is 4.74 Å². The summed E-state index contributed by atoms with van der Waals surface area (Å²) in [7, 11) is 0. The van der Waals surface area contributed by atoms with Crippen LogP contribution in [0.1, 0.15) is 37.0 Å². The molecule has 0 aromatic heterocycles. The summed E-state index contributed by atoms with van der Waals surface area (Å²) in [5.74, 6) is 0.441. The van der Waals surface area contributed by atoms with Gasteiger partial charge < -0.3 is 4.74 Å². The van der Waals surface area contributed by atoms with Gasteiger partial charge in [0.05, 0.1) is 12.7 Å². The molecule has 1 atom stereocenters. The fourth-order valence-electron chi connectivity index (χ4n) is 1.47. The molecule has 0 N–H and O–H groups in total. The Balaban J connectivity index is 2.77. The molecule has 1 aromatic carbocycles. The Morgan fingerprint density at radius 2 is 2.29 bits per heavy atom. The molecule has 0 aliphatic rings. The standard InChI is InChI=1S/C14H17NO2/c1-3-9-17-13-6-4-5-12(10-13)14(16)11(2)7-8-15/h4-6,10-11H,3,7,9H2,1-2H3. The summed E-state index contributed by atoms with van der Waals surface area (Å²) in [6.45, 7) is 4.44. The van der Waals surface area contributed by atoms with Crippen molar-refractivity contribution in [1.82, 2.24) is 0 Å². The maximum Gasteiger partial charge on any atom is 0.166 e. The molecule has 0 spiro atoms. The lowest BCUT2D eigenvalue weighted by molar-refractivity contribution is 0.0931. The van der Waals surface area contributed by atoms with Gasteiger partial charge in [0.1, 0.15) is 5.75 Å². The van der Waals surface area contributed by atoms with Crippen LogP contribution in [0.3, 0.4) is 0 Å². The van der Waals surface area contributed by atoms with Crippen LogP contribution in [0.25, 0.3) is 0 Å². The number of hydrogen-bond donors (Lipinski definition) is 0. The predicted molar refractivity (Wildman–Crippen MR) is 66.0 cm³/mol. The van der Waals surface area contributed by atoms with Gasteiger partial charge in [-0.15, -0.1) is 0 Å². The summed E-state index contributed by atoms with van der Waals surface area (Å²) in [6.07, 6.45) is 1.18. The molecule has 0 aliphatic carbocycles. The lowest BCUT2D eigenvalue weighted by Crippen LogP contribution is -2.10. The molecule has 3 nitrogen and oxygen atoms in total. The van der Waals surface area contributed by atoms with Gasteiger partial charge in [-0.1, -0.05) is 26.0 Å². The van der Waals surface area contributed by atoms with Gasteiger partial charge in [-0.05, 0) is 18.6 Å². The third kappa shape index (κ3) is 3.92. The summed E-state index contributed by atoms with van der Waals surface area (Å²) < 4.78 is 5.47. The van der Waals surface area contributed by atoms with E-state index in [0.717, 1.165) is 6.42 Å². The lowest BCUT2D eigenvalue weighted by atomic mass is 9.97. The Labute approximate surface area is 102 Å². The molecule has 3 heteroatoms. The van der Waals surface area contributed by atoms with E-state index in [4.69, 9.17) is 10.00 Å². The fraction of sp³-hybridized carbons (Fsp3) is 0.429. The third-order valence-electron chi connectivity index (χ3n) is 2.44. The van der Waals surface area contributed by atoms with E-state index in [1.165, 1.54) is 0 Å². The van der Waals surface area contributed by atoms with E-state index in [9.17, 15) is 4.79 Å². The number of nitriles is 1. The van der Waals surface area contributed by atoms with Crippen LogP contribution >= 0.6 is 0 Å². The average molecular weight is 231 g/mol. The Morgan fingerprint density at radius 3 is 2.94 bits per heavy atom. The number of carbonyl (C=O) groups is 1. The highest BCUT2D eigenvalue weighted by Gasteiger charge is 2.15. The minimum atomic E-state index is -0.263. The molecule has 1 aromatic rings. The van der Waals surface area contributed by atoms with Crippen LogP contribution in [-0.4, -0.2) is 12.4 Å². The summed E-state index contributed by atoms with van der Waals surface area (Å²) in [5.41, 5.74) is 0.612. The third-order valence-corrected chi connectivity index (χ3v) is 2.44. The molecule has 0 saturated heterocycles. The van der Waals surface area contributed by atoms with E-state index < -0.39 is 0 Å². The van der Waals surface area contributed by atoms with Crippen molar-refractivity contribution in [3.63, 3.8) is 0 Å². The molecular weight excluding hydrogens is 214 g/mol. The zero-order chi connectivity index (χ0) is 12.7. The van der Waals surface area contributed by atoms with Gasteiger partial charge in [-0.25, -0.2) is 0 Å². The Bertz CT molecular complexity index is 420. The van der Waals surface area contributed by atoms with Crippen molar-refractivity contribution >= 4 is 5.78 Å². The van der Waals surface area contributed by atoms with Crippen LogP contribution in [0.2, 0.25) is 0 Å². The van der Waals surface area contributed by atoms with Gasteiger partial charge >= 0.3 is 0 Å². The molecule has 1 rings (SSSR count). The van der Waals surface area contributed by atoms with E-state index in [-0.39, 0.29) is 18.1 Å². The van der Waals surface area contributed by atoms with Crippen molar-refractivity contribution in [2.45, 2.75) is 26.7 Å². The van der Waals surface area contributed by atoms with Gasteiger partial charge in [0.25, 0.3) is 0 Å². The van der Waals surface area contributed by atoms with Crippen LogP contribution in [0.5, 0.6) is 5.75 Å². The van der Waals surface area contributed by atoms with Crippen molar-refractivity contribution < 1.29 is 9.53 Å². The van der Waals surface area contributed by atoms with Gasteiger partial charge in [0, 0.05) is 17.9 Å². The second-order valence-corrected chi connectivity index (χ2v) is 4.00. The van der Waals surface area contributed by atoms with Crippen molar-refractivity contribution in [3.8, 4) is 11.8 Å². The molecule has 0 saturated carbocycles. The van der Waals surface area contributed by atoms with Crippen molar-refractivity contribution in [3.05, 3.63) is 29.8 Å². The summed E-state index contributed by atoms with van der Waals surface area (Å²) in [5, 5.41) is 8.58. The van der Waals surface area contributed by atoms with Crippen LogP contribution in [0.15, 0.2) is 24.3 Å². The molecule has 0 bridgehead atoms. The van der Waals surface area contributed by atoms with Crippen LogP contribution in [-0.2, 0) is 0 Å². The number of Topliss-reactive ketones (excluding diaryl/α,β-unsaturated/α-hetero) is 1. The first-order chi connectivity index (χ1) is 8.19. The fourth-order valence-corrected chi connectivity index (χ4v) is 1.47. The number of benzene rings is 1. The Morgan fingerprint density at radius 1 is 1.53 bits per heavy atom. The highest BCUT2D eigenvalue weighted by molar-refractivity contribution is 5.98. The highest BCUT2D eigenvalue weighted by atomic mass is 16.5. The predicted octanol–water partition coefficient (Wildman–Crippen LogP) is 3.21. The SMILES string of the molecule is CCCOc1cccc(C(=O)C(C)CC#N)c1. The van der Waals surface area contributed by atoms with Gasteiger partial charge in [-0.3, -0.25) is 4.79 Å². The second-order valence-electron chi connectivity index (χ2n) is 4.00. The minimum absolute atomic E-state index is 0.00602. The quantitative estimate of drug-likeness (QED) is 0.706. The highest BCUT2D eigenvalue weighted by Crippen LogP contribution is 2.17. The van der Waals surface area contributed by atoms with E-state index >= 15 is 0 Å². The molecule has 1 unspecified atom stereocenters. The van der Waals surface area contributed by atoms with E-state index in [1.807, 2.05) is 19.1 Å². The molecule has 90 valence electrons. The lowest BCUT2D eigenvalue weighted by Gasteiger charge is -2.09. The Hall–Kier alpha value is -1.82. The first-order valence-electron chi connectivity index (χ1n) is 5.83. The average Bonchev–Trinajstić information content (AvgIpc) is 2.36. The van der Waals surface area contributed by atoms with Crippen molar-refractivity contribution in [1.29, 1.82) is 5.26 Å². The van der Waals surface area contributed by atoms with Gasteiger partial charge in [0.15, 0.2) is 5.78 Å². The number of ether oxygens (including phenoxy) is 1. The first kappa shape index (κ1) is 13.2. The van der Waals surface area contributed by atoms with E-state index in [1.54, 1.807) is 25.1 Å². The van der Waals surface area contributed by atoms with Crippen molar-refractivity contribution in [2.75, 3.05) is 6.61 Å². The normalized spacial score (nSPS) is 11.6. The maximum absolute atomic E-state index is 12.0. The zero-order valence-electron chi connectivity index (χ0n) is 10.3. The molecule has 0 heterocycles. The number of hydrogen-bond acceptors (Lipinski definition) is 3. The smallest absolute Gasteiger partial charge is 0.166 e. The van der Waals surface area contributed by atoms with E-state index in [0.29, 0.717) is 17.9 Å². The number of nitrogens with zero attached hydrogens (tertiary/aromatic N) is 1. The minimum Gasteiger partial charge on any atom is -0.494 e. The van der Waals surface area contributed by atoms with Crippen LogP contribution in [0.4, 0.5) is 0 Å². The monoisotopic (exact) mass is 231 g/mol. The summed E-state index contributed by atoms with van der Waals surface area (Å²) >= 11 is 0. The van der Waals surface area contributed by atoms with Gasteiger partial charge in [-0.2, -0.15) is 5.26 Å². The molecule has 0 fully saturated rings. The topological polar surface area (TPSA) is 50.1 Å². The molecule has 0 aliphatic heterocycles. The molecular formula is C14H17NO2. The largest absolute Gasteiger partial charge is 0.494 e. The number of ketones is 1. The van der Waals surface area contributed by atoms with Gasteiger partial charge in [0.2, 0.25) is 0 Å². The zero-order valence-corrected chi connectivity index (χ0v) is 10.3. The van der Waals surface area contributed by atoms with Crippen molar-refractivity contribution in [2.24, 2.45) is 5.92 Å². The first-order valence-corrected chi connectivity index (χ1v) is 5.83. The van der Waals surface area contributed by atoms with Crippen LogP contribution in [0, 0.1) is 17.2 Å². The number of rotatable bonds is 6. The van der Waals surface area contributed by atoms with E-state index in [2.05, 4.69) is 0 Å². The molecule has 0 amide bonds. The second kappa shape index (κ2) is 6.70.